The summed E-state index contributed by atoms with van der Waals surface area (Å²) < 4.78 is 27.1. The van der Waals surface area contributed by atoms with Crippen LogP contribution in [-0.4, -0.2) is 25.2 Å². The molecule has 0 bridgehead atoms. The maximum atomic E-state index is 12.9. The van der Waals surface area contributed by atoms with Crippen LogP contribution in [0.5, 0.6) is 0 Å². The summed E-state index contributed by atoms with van der Waals surface area (Å²) in [6.45, 7) is 4.25. The summed E-state index contributed by atoms with van der Waals surface area (Å²) >= 11 is 5.95. The average molecular weight is 443 g/mol. The molecule has 3 rings (SSSR count). The number of aryl methyl sites for hydroxylation is 1. The van der Waals surface area contributed by atoms with E-state index in [1.165, 1.54) is 4.31 Å². The monoisotopic (exact) mass is 442 g/mol. The topological polar surface area (TPSA) is 66.5 Å². The summed E-state index contributed by atoms with van der Waals surface area (Å²) in [5.74, 6) is -0.240. The van der Waals surface area contributed by atoms with Gasteiger partial charge in [-0.05, 0) is 60.5 Å². The number of nitrogens with one attached hydrogen (secondary N) is 1. The second-order valence-electron chi connectivity index (χ2n) is 6.85. The highest BCUT2D eigenvalue weighted by Crippen LogP contribution is 2.21. The molecule has 3 aromatic rings. The van der Waals surface area contributed by atoms with Gasteiger partial charge in [0.05, 0.1) is 4.90 Å². The van der Waals surface area contributed by atoms with Gasteiger partial charge in [0.2, 0.25) is 10.0 Å². The first-order chi connectivity index (χ1) is 14.3. The summed E-state index contributed by atoms with van der Waals surface area (Å²) in [6, 6.07) is 20.6. The Morgan fingerprint density at radius 2 is 1.67 bits per heavy atom. The van der Waals surface area contributed by atoms with Gasteiger partial charge in [0.15, 0.2) is 0 Å². The fourth-order valence-corrected chi connectivity index (χ4v) is 4.72. The molecule has 3 aromatic carbocycles. The predicted molar refractivity (Wildman–Crippen MR) is 120 cm³/mol. The molecule has 0 aliphatic carbocycles. The Morgan fingerprint density at radius 1 is 1.00 bits per heavy atom. The first-order valence-corrected chi connectivity index (χ1v) is 11.3. The molecule has 30 heavy (non-hydrogen) atoms. The van der Waals surface area contributed by atoms with Crippen molar-refractivity contribution in [2.75, 3.05) is 11.9 Å². The van der Waals surface area contributed by atoms with Crippen molar-refractivity contribution < 1.29 is 13.2 Å². The van der Waals surface area contributed by atoms with Gasteiger partial charge >= 0.3 is 0 Å². The van der Waals surface area contributed by atoms with Crippen LogP contribution in [0, 0.1) is 6.92 Å². The number of benzene rings is 3. The van der Waals surface area contributed by atoms with Crippen LogP contribution >= 0.6 is 11.6 Å². The molecule has 0 radical (unpaired) electrons. The van der Waals surface area contributed by atoms with Crippen LogP contribution < -0.4 is 5.32 Å². The van der Waals surface area contributed by atoms with Crippen molar-refractivity contribution in [2.45, 2.75) is 25.3 Å². The lowest BCUT2D eigenvalue weighted by Crippen LogP contribution is -2.30. The Morgan fingerprint density at radius 3 is 2.27 bits per heavy atom. The number of anilines is 1. The quantitative estimate of drug-likeness (QED) is 0.552. The van der Waals surface area contributed by atoms with Crippen molar-refractivity contribution in [1.29, 1.82) is 0 Å². The third kappa shape index (κ3) is 5.08. The minimum absolute atomic E-state index is 0.228. The summed E-state index contributed by atoms with van der Waals surface area (Å²) in [7, 11) is -3.58. The Hall–Kier alpha value is -2.67. The lowest BCUT2D eigenvalue weighted by atomic mass is 10.1. The molecule has 7 heteroatoms. The van der Waals surface area contributed by atoms with Gasteiger partial charge in [-0.3, -0.25) is 4.79 Å². The van der Waals surface area contributed by atoms with Gasteiger partial charge in [-0.25, -0.2) is 8.42 Å². The van der Waals surface area contributed by atoms with E-state index in [4.69, 9.17) is 11.6 Å². The second-order valence-corrected chi connectivity index (χ2v) is 9.23. The van der Waals surface area contributed by atoms with Gasteiger partial charge in [0, 0.05) is 29.4 Å². The molecule has 0 aliphatic heterocycles. The van der Waals surface area contributed by atoms with E-state index in [1.807, 2.05) is 6.92 Å². The SMILES string of the molecule is CCN(Cc1ccc(C(=O)Nc2ccc(Cl)cc2C)cc1)S(=O)(=O)c1ccccc1. The van der Waals surface area contributed by atoms with Gasteiger partial charge in [0.25, 0.3) is 5.91 Å². The van der Waals surface area contributed by atoms with Crippen molar-refractivity contribution in [2.24, 2.45) is 0 Å². The predicted octanol–water partition coefficient (Wildman–Crippen LogP) is 5.11. The van der Waals surface area contributed by atoms with E-state index in [1.54, 1.807) is 79.7 Å². The molecule has 0 atom stereocenters. The molecule has 5 nitrogen and oxygen atoms in total. The molecule has 0 spiro atoms. The molecule has 0 aromatic heterocycles. The molecular weight excluding hydrogens is 420 g/mol. The standard InChI is InChI=1S/C23H23ClN2O3S/c1-3-26(30(28,29)21-7-5-4-6-8-21)16-18-9-11-19(12-10-18)23(27)25-22-14-13-20(24)15-17(22)2/h4-15H,3,16H2,1-2H3,(H,25,27). The first kappa shape index (κ1) is 22.0. The van der Waals surface area contributed by atoms with Gasteiger partial charge in [0.1, 0.15) is 0 Å². The third-order valence-corrected chi connectivity index (χ3v) is 6.92. The molecule has 1 amide bonds. The highest BCUT2D eigenvalue weighted by atomic mass is 35.5. The van der Waals surface area contributed by atoms with Crippen LogP contribution in [0.2, 0.25) is 5.02 Å². The molecular formula is C23H23ClN2O3S. The van der Waals surface area contributed by atoms with Crippen LogP contribution in [-0.2, 0) is 16.6 Å². The minimum Gasteiger partial charge on any atom is -0.322 e. The van der Waals surface area contributed by atoms with E-state index in [0.717, 1.165) is 11.1 Å². The Labute approximate surface area is 182 Å². The number of hydrogen-bond donors (Lipinski definition) is 1. The zero-order valence-electron chi connectivity index (χ0n) is 16.8. The van der Waals surface area contributed by atoms with Crippen molar-refractivity contribution in [1.82, 2.24) is 4.31 Å². The Balaban J connectivity index is 1.72. The minimum atomic E-state index is -3.58. The summed E-state index contributed by atoms with van der Waals surface area (Å²) in [5.41, 5.74) is 2.86. The maximum absolute atomic E-state index is 12.9. The summed E-state index contributed by atoms with van der Waals surface area (Å²) in [5, 5.41) is 3.48. The van der Waals surface area contributed by atoms with Gasteiger partial charge in [-0.2, -0.15) is 4.31 Å². The Kier molecular flexibility index (Phi) is 6.92. The zero-order valence-corrected chi connectivity index (χ0v) is 18.4. The molecule has 0 aliphatic rings. The lowest BCUT2D eigenvalue weighted by Gasteiger charge is -2.20. The molecule has 0 saturated carbocycles. The Bertz CT molecular complexity index is 1130. The fraction of sp³-hybridized carbons (Fsp3) is 0.174. The van der Waals surface area contributed by atoms with Crippen LogP contribution in [0.15, 0.2) is 77.7 Å². The van der Waals surface area contributed by atoms with Crippen LogP contribution in [0.1, 0.15) is 28.4 Å². The lowest BCUT2D eigenvalue weighted by molar-refractivity contribution is 0.102. The zero-order chi connectivity index (χ0) is 21.7. The molecule has 0 unspecified atom stereocenters. The second kappa shape index (κ2) is 9.43. The van der Waals surface area contributed by atoms with E-state index in [0.29, 0.717) is 22.8 Å². The largest absolute Gasteiger partial charge is 0.322 e. The van der Waals surface area contributed by atoms with Crippen molar-refractivity contribution in [3.05, 3.63) is 94.5 Å². The van der Waals surface area contributed by atoms with Crippen molar-refractivity contribution in [3.63, 3.8) is 0 Å². The van der Waals surface area contributed by atoms with E-state index in [9.17, 15) is 13.2 Å². The average Bonchev–Trinajstić information content (AvgIpc) is 2.75. The van der Waals surface area contributed by atoms with Gasteiger partial charge in [-0.1, -0.05) is 48.9 Å². The van der Waals surface area contributed by atoms with Crippen LogP contribution in [0.3, 0.4) is 0 Å². The molecule has 0 fully saturated rings. The number of carbonyl (C=O) groups is 1. The molecule has 1 N–H and O–H groups in total. The summed E-state index contributed by atoms with van der Waals surface area (Å²) in [6.07, 6.45) is 0. The van der Waals surface area contributed by atoms with Crippen LogP contribution in [0.25, 0.3) is 0 Å². The van der Waals surface area contributed by atoms with E-state index in [-0.39, 0.29) is 17.3 Å². The molecule has 156 valence electrons. The van der Waals surface area contributed by atoms with Gasteiger partial charge in [-0.15, -0.1) is 0 Å². The van der Waals surface area contributed by atoms with E-state index >= 15 is 0 Å². The number of carbonyl (C=O) groups excluding carboxylic acids is 1. The summed E-state index contributed by atoms with van der Waals surface area (Å²) in [4.78, 5) is 12.8. The van der Waals surface area contributed by atoms with E-state index < -0.39 is 10.0 Å². The fourth-order valence-electron chi connectivity index (χ4n) is 3.04. The maximum Gasteiger partial charge on any atom is 0.255 e. The van der Waals surface area contributed by atoms with Crippen molar-refractivity contribution in [3.8, 4) is 0 Å². The highest BCUT2D eigenvalue weighted by Gasteiger charge is 2.23. The molecule has 0 saturated heterocycles. The van der Waals surface area contributed by atoms with Crippen molar-refractivity contribution >= 4 is 33.2 Å². The van der Waals surface area contributed by atoms with E-state index in [2.05, 4.69) is 5.32 Å². The number of hydrogen-bond acceptors (Lipinski definition) is 3. The smallest absolute Gasteiger partial charge is 0.255 e. The first-order valence-electron chi connectivity index (χ1n) is 9.53. The number of amides is 1. The highest BCUT2D eigenvalue weighted by molar-refractivity contribution is 7.89. The number of nitrogens with zero attached hydrogens (tertiary/aromatic N) is 1. The normalized spacial score (nSPS) is 11.5. The third-order valence-electron chi connectivity index (χ3n) is 4.75. The number of rotatable bonds is 7. The number of halogens is 1. The van der Waals surface area contributed by atoms with Gasteiger partial charge < -0.3 is 5.32 Å². The number of sulfonamides is 1. The molecule has 0 heterocycles. The van der Waals surface area contributed by atoms with Crippen LogP contribution in [0.4, 0.5) is 5.69 Å².